The van der Waals surface area contributed by atoms with Crippen LogP contribution in [0.25, 0.3) is 0 Å². The van der Waals surface area contributed by atoms with E-state index in [2.05, 4.69) is 5.32 Å². The number of amides is 2. The van der Waals surface area contributed by atoms with Gasteiger partial charge in [-0.2, -0.15) is 0 Å². The molecule has 2 amide bonds. The van der Waals surface area contributed by atoms with E-state index in [1.54, 1.807) is 0 Å². The van der Waals surface area contributed by atoms with Crippen LogP contribution in [-0.2, 0) is 16.1 Å². The number of likely N-dealkylation sites (tertiary alicyclic amines) is 1. The average molecular weight is 413 g/mol. The lowest BCUT2D eigenvalue weighted by Crippen LogP contribution is -2.44. The zero-order valence-electron chi connectivity index (χ0n) is 17.6. The van der Waals surface area contributed by atoms with E-state index in [9.17, 15) is 9.59 Å². The van der Waals surface area contributed by atoms with Crippen molar-refractivity contribution in [1.82, 2.24) is 10.2 Å². The van der Waals surface area contributed by atoms with Crippen LogP contribution < -0.4 is 5.32 Å². The van der Waals surface area contributed by atoms with Crippen LogP contribution in [-0.4, -0.2) is 29.8 Å². The van der Waals surface area contributed by atoms with Crippen LogP contribution >= 0.6 is 0 Å². The summed E-state index contributed by atoms with van der Waals surface area (Å²) in [5.41, 5.74) is 3.10. The van der Waals surface area contributed by atoms with Crippen molar-refractivity contribution in [3.8, 4) is 0 Å². The Kier molecular flexibility index (Phi) is 6.78. The van der Waals surface area contributed by atoms with Crippen LogP contribution in [0.5, 0.6) is 0 Å². The SMILES string of the molecule is O=C(NCc1ccccc1)C1CCN(C(=O)C(c2ccccc2)c2ccccc2)CC1. The van der Waals surface area contributed by atoms with E-state index in [1.807, 2.05) is 95.9 Å². The minimum absolute atomic E-state index is 0.0420. The number of hydrogen-bond acceptors (Lipinski definition) is 2. The normalized spacial score (nSPS) is 14.4. The number of nitrogens with one attached hydrogen (secondary N) is 1. The van der Waals surface area contributed by atoms with E-state index in [-0.39, 0.29) is 23.7 Å². The van der Waals surface area contributed by atoms with E-state index < -0.39 is 0 Å². The Morgan fingerprint density at radius 2 is 1.26 bits per heavy atom. The van der Waals surface area contributed by atoms with Gasteiger partial charge in [-0.25, -0.2) is 0 Å². The van der Waals surface area contributed by atoms with Gasteiger partial charge in [0.15, 0.2) is 0 Å². The molecule has 3 aromatic carbocycles. The molecule has 1 aliphatic heterocycles. The lowest BCUT2D eigenvalue weighted by atomic mass is 9.88. The lowest BCUT2D eigenvalue weighted by Gasteiger charge is -2.34. The fourth-order valence-corrected chi connectivity index (χ4v) is 4.24. The molecule has 0 saturated carbocycles. The Hall–Kier alpha value is -3.40. The summed E-state index contributed by atoms with van der Waals surface area (Å²) in [4.78, 5) is 28.0. The van der Waals surface area contributed by atoms with Gasteiger partial charge in [-0.05, 0) is 29.5 Å². The molecule has 0 unspecified atom stereocenters. The minimum Gasteiger partial charge on any atom is -0.352 e. The Balaban J connectivity index is 1.39. The number of rotatable bonds is 6. The molecule has 1 heterocycles. The molecule has 0 aliphatic carbocycles. The molecular formula is C27H28N2O2. The number of carbonyl (C=O) groups excluding carboxylic acids is 2. The summed E-state index contributed by atoms with van der Waals surface area (Å²) >= 11 is 0. The molecule has 4 rings (SSSR count). The van der Waals surface area contributed by atoms with Gasteiger partial charge in [-0.15, -0.1) is 0 Å². The molecule has 0 radical (unpaired) electrons. The van der Waals surface area contributed by atoms with E-state index in [4.69, 9.17) is 0 Å². The Labute approximate surface area is 183 Å². The van der Waals surface area contributed by atoms with Crippen LogP contribution in [0.2, 0.25) is 0 Å². The van der Waals surface area contributed by atoms with E-state index >= 15 is 0 Å². The first-order chi connectivity index (χ1) is 15.2. The van der Waals surface area contributed by atoms with Crippen molar-refractivity contribution in [2.75, 3.05) is 13.1 Å². The lowest BCUT2D eigenvalue weighted by molar-refractivity contribution is -0.136. The largest absolute Gasteiger partial charge is 0.352 e. The molecule has 0 atom stereocenters. The van der Waals surface area contributed by atoms with Gasteiger partial charge >= 0.3 is 0 Å². The fourth-order valence-electron chi connectivity index (χ4n) is 4.24. The van der Waals surface area contributed by atoms with E-state index in [0.29, 0.717) is 32.5 Å². The first-order valence-electron chi connectivity index (χ1n) is 10.9. The fraction of sp³-hybridized carbons (Fsp3) is 0.259. The van der Waals surface area contributed by atoms with Crippen molar-refractivity contribution in [2.24, 2.45) is 5.92 Å². The molecule has 3 aromatic rings. The Morgan fingerprint density at radius 1 is 0.774 bits per heavy atom. The minimum atomic E-state index is -0.314. The molecule has 0 spiro atoms. The van der Waals surface area contributed by atoms with Gasteiger partial charge in [0.05, 0.1) is 5.92 Å². The number of hydrogen-bond donors (Lipinski definition) is 1. The maximum Gasteiger partial charge on any atom is 0.234 e. The van der Waals surface area contributed by atoms with Crippen LogP contribution in [0.15, 0.2) is 91.0 Å². The molecule has 1 saturated heterocycles. The first kappa shape index (κ1) is 20.9. The molecule has 1 N–H and O–H groups in total. The van der Waals surface area contributed by atoms with Crippen molar-refractivity contribution in [2.45, 2.75) is 25.3 Å². The van der Waals surface area contributed by atoms with Crippen molar-refractivity contribution >= 4 is 11.8 Å². The van der Waals surface area contributed by atoms with Crippen LogP contribution in [0.4, 0.5) is 0 Å². The highest BCUT2D eigenvalue weighted by Crippen LogP contribution is 2.29. The summed E-state index contributed by atoms with van der Waals surface area (Å²) in [7, 11) is 0. The highest BCUT2D eigenvalue weighted by molar-refractivity contribution is 5.87. The topological polar surface area (TPSA) is 49.4 Å². The average Bonchev–Trinajstić information content (AvgIpc) is 2.85. The van der Waals surface area contributed by atoms with E-state index in [1.165, 1.54) is 0 Å². The molecule has 1 fully saturated rings. The second-order valence-corrected chi connectivity index (χ2v) is 8.06. The van der Waals surface area contributed by atoms with Gasteiger partial charge in [0.1, 0.15) is 0 Å². The van der Waals surface area contributed by atoms with Crippen molar-refractivity contribution in [3.63, 3.8) is 0 Å². The molecular weight excluding hydrogens is 384 g/mol. The van der Waals surface area contributed by atoms with E-state index in [0.717, 1.165) is 16.7 Å². The Bertz CT molecular complexity index is 942. The molecule has 1 aliphatic rings. The van der Waals surface area contributed by atoms with Gasteiger partial charge in [0, 0.05) is 25.6 Å². The summed E-state index contributed by atoms with van der Waals surface area (Å²) in [5.74, 6) is -0.162. The smallest absolute Gasteiger partial charge is 0.234 e. The predicted molar refractivity (Wildman–Crippen MR) is 122 cm³/mol. The summed E-state index contributed by atoms with van der Waals surface area (Å²) in [5, 5.41) is 3.04. The number of nitrogens with zero attached hydrogens (tertiary/aromatic N) is 1. The van der Waals surface area contributed by atoms with Crippen LogP contribution in [0.1, 0.15) is 35.4 Å². The monoisotopic (exact) mass is 412 g/mol. The zero-order chi connectivity index (χ0) is 21.5. The third-order valence-electron chi connectivity index (χ3n) is 6.00. The zero-order valence-corrected chi connectivity index (χ0v) is 17.6. The molecule has 0 bridgehead atoms. The van der Waals surface area contributed by atoms with Crippen molar-refractivity contribution in [3.05, 3.63) is 108 Å². The highest BCUT2D eigenvalue weighted by Gasteiger charge is 2.32. The second kappa shape index (κ2) is 10.1. The van der Waals surface area contributed by atoms with Gasteiger partial charge in [-0.1, -0.05) is 91.0 Å². The van der Waals surface area contributed by atoms with Crippen LogP contribution in [0.3, 0.4) is 0 Å². The second-order valence-electron chi connectivity index (χ2n) is 8.06. The first-order valence-corrected chi connectivity index (χ1v) is 10.9. The highest BCUT2D eigenvalue weighted by atomic mass is 16.2. The molecule has 4 nitrogen and oxygen atoms in total. The standard InChI is InChI=1S/C27H28N2O2/c30-26(28-20-21-10-4-1-5-11-21)24-16-18-29(19-17-24)27(31)25(22-12-6-2-7-13-22)23-14-8-3-9-15-23/h1-15,24-25H,16-20H2,(H,28,30). The van der Waals surface area contributed by atoms with Crippen molar-refractivity contribution < 1.29 is 9.59 Å². The third-order valence-corrected chi connectivity index (χ3v) is 6.00. The summed E-state index contributed by atoms with van der Waals surface area (Å²) < 4.78 is 0. The van der Waals surface area contributed by atoms with Gasteiger partial charge in [-0.3, -0.25) is 9.59 Å². The van der Waals surface area contributed by atoms with Gasteiger partial charge in [0.25, 0.3) is 0 Å². The maximum atomic E-state index is 13.5. The molecule has 31 heavy (non-hydrogen) atoms. The third kappa shape index (κ3) is 5.21. The number of benzene rings is 3. The molecule has 0 aromatic heterocycles. The Morgan fingerprint density at radius 3 is 1.77 bits per heavy atom. The maximum absolute atomic E-state index is 13.5. The molecule has 4 heteroatoms. The summed E-state index contributed by atoms with van der Waals surface area (Å²) in [6, 6.07) is 29.8. The van der Waals surface area contributed by atoms with Gasteiger partial charge in [0.2, 0.25) is 11.8 Å². The number of piperidine rings is 1. The van der Waals surface area contributed by atoms with Crippen molar-refractivity contribution in [1.29, 1.82) is 0 Å². The summed E-state index contributed by atoms with van der Waals surface area (Å²) in [6.07, 6.45) is 1.39. The summed E-state index contributed by atoms with van der Waals surface area (Å²) in [6.45, 7) is 1.76. The molecule has 158 valence electrons. The quantitative estimate of drug-likeness (QED) is 0.653. The van der Waals surface area contributed by atoms with Crippen LogP contribution in [0, 0.1) is 5.92 Å². The predicted octanol–water partition coefficient (Wildman–Crippen LogP) is 4.37. The van der Waals surface area contributed by atoms with Gasteiger partial charge < -0.3 is 10.2 Å². The number of carbonyl (C=O) groups is 2.